The number of rotatable bonds is 2. The van der Waals surface area contributed by atoms with Crippen LogP contribution in [-0.2, 0) is 4.74 Å². The van der Waals surface area contributed by atoms with E-state index in [0.717, 1.165) is 11.4 Å². The highest BCUT2D eigenvalue weighted by Gasteiger charge is 2.27. The van der Waals surface area contributed by atoms with Gasteiger partial charge in [-0.05, 0) is 6.07 Å². The predicted octanol–water partition coefficient (Wildman–Crippen LogP) is 0.928. The van der Waals surface area contributed by atoms with Crippen LogP contribution in [0.1, 0.15) is 11.7 Å². The van der Waals surface area contributed by atoms with Gasteiger partial charge in [0.05, 0.1) is 6.54 Å². The molecule has 0 radical (unpaired) electrons. The van der Waals surface area contributed by atoms with Crippen molar-refractivity contribution < 1.29 is 9.53 Å². The highest BCUT2D eigenvalue weighted by atomic mass is 16.6. The van der Waals surface area contributed by atoms with Gasteiger partial charge >= 0.3 is 6.09 Å². The van der Waals surface area contributed by atoms with E-state index >= 15 is 0 Å². The SMILES string of the molecule is CN(C)c1ncccc1C1CNC(=O)O1. The molecule has 1 amide bonds. The van der Waals surface area contributed by atoms with Gasteiger partial charge in [0, 0.05) is 25.9 Å². The maximum Gasteiger partial charge on any atom is 0.407 e. The summed E-state index contributed by atoms with van der Waals surface area (Å²) in [6.07, 6.45) is 1.13. The lowest BCUT2D eigenvalue weighted by Crippen LogP contribution is -2.16. The van der Waals surface area contributed by atoms with Gasteiger partial charge < -0.3 is 15.0 Å². The van der Waals surface area contributed by atoms with Crippen molar-refractivity contribution in [2.24, 2.45) is 0 Å². The Morgan fingerprint density at radius 2 is 2.40 bits per heavy atom. The number of hydrogen-bond acceptors (Lipinski definition) is 4. The van der Waals surface area contributed by atoms with Crippen LogP contribution in [0, 0.1) is 0 Å². The molecule has 1 unspecified atom stereocenters. The number of ether oxygens (including phenoxy) is 1. The van der Waals surface area contributed by atoms with Crippen molar-refractivity contribution in [2.45, 2.75) is 6.10 Å². The van der Waals surface area contributed by atoms with Crippen LogP contribution in [0.2, 0.25) is 0 Å². The summed E-state index contributed by atoms with van der Waals surface area (Å²) in [4.78, 5) is 17.1. The van der Waals surface area contributed by atoms with Crippen LogP contribution in [0.25, 0.3) is 0 Å². The molecule has 80 valence electrons. The zero-order valence-corrected chi connectivity index (χ0v) is 8.73. The summed E-state index contributed by atoms with van der Waals surface area (Å²) in [5, 5.41) is 2.63. The average Bonchev–Trinajstić information content (AvgIpc) is 2.65. The number of cyclic esters (lactones) is 1. The second kappa shape index (κ2) is 3.76. The summed E-state index contributed by atoms with van der Waals surface area (Å²) >= 11 is 0. The normalized spacial score (nSPS) is 19.6. The lowest BCUT2D eigenvalue weighted by Gasteiger charge is -2.18. The van der Waals surface area contributed by atoms with Gasteiger partial charge in [-0.25, -0.2) is 9.78 Å². The Morgan fingerprint density at radius 3 is 3.00 bits per heavy atom. The van der Waals surface area contributed by atoms with Gasteiger partial charge in [-0.3, -0.25) is 0 Å². The third kappa shape index (κ3) is 1.86. The quantitative estimate of drug-likeness (QED) is 0.783. The molecule has 2 heterocycles. The van der Waals surface area contributed by atoms with Crippen molar-refractivity contribution in [2.75, 3.05) is 25.5 Å². The Kier molecular flexibility index (Phi) is 2.45. The van der Waals surface area contributed by atoms with Crippen LogP contribution in [0.15, 0.2) is 18.3 Å². The predicted molar refractivity (Wildman–Crippen MR) is 55.8 cm³/mol. The molecule has 0 spiro atoms. The maximum atomic E-state index is 10.9. The number of carbonyl (C=O) groups is 1. The van der Waals surface area contributed by atoms with Gasteiger partial charge in [0.15, 0.2) is 0 Å². The molecule has 1 atom stereocenters. The van der Waals surface area contributed by atoms with Gasteiger partial charge in [0.2, 0.25) is 0 Å². The van der Waals surface area contributed by atoms with E-state index in [1.165, 1.54) is 0 Å². The molecule has 2 rings (SSSR count). The second-order valence-electron chi connectivity index (χ2n) is 3.59. The number of aromatic nitrogens is 1. The van der Waals surface area contributed by atoms with Crippen molar-refractivity contribution in [3.8, 4) is 0 Å². The molecule has 1 aliphatic heterocycles. The number of pyridine rings is 1. The zero-order chi connectivity index (χ0) is 10.8. The van der Waals surface area contributed by atoms with E-state index in [0.29, 0.717) is 6.54 Å². The maximum absolute atomic E-state index is 10.9. The molecule has 5 heteroatoms. The molecule has 1 fully saturated rings. The van der Waals surface area contributed by atoms with Gasteiger partial charge in [0.1, 0.15) is 11.9 Å². The topological polar surface area (TPSA) is 54.5 Å². The molecule has 5 nitrogen and oxygen atoms in total. The fraction of sp³-hybridized carbons (Fsp3) is 0.400. The molecular formula is C10H13N3O2. The molecule has 1 saturated heterocycles. The third-order valence-electron chi connectivity index (χ3n) is 2.27. The first-order valence-corrected chi connectivity index (χ1v) is 4.75. The highest BCUT2D eigenvalue weighted by molar-refractivity contribution is 5.70. The molecule has 0 aromatic carbocycles. The van der Waals surface area contributed by atoms with E-state index in [1.807, 2.05) is 31.1 Å². The second-order valence-corrected chi connectivity index (χ2v) is 3.59. The fourth-order valence-corrected chi connectivity index (χ4v) is 1.60. The minimum absolute atomic E-state index is 0.233. The van der Waals surface area contributed by atoms with Crippen molar-refractivity contribution in [3.63, 3.8) is 0 Å². The highest BCUT2D eigenvalue weighted by Crippen LogP contribution is 2.27. The Bertz CT molecular complexity index is 379. The standard InChI is InChI=1S/C10H13N3O2/c1-13(2)9-7(4-3-5-11-9)8-6-12-10(14)15-8/h3-5,8H,6H2,1-2H3,(H,12,14). The summed E-state index contributed by atoms with van der Waals surface area (Å²) < 4.78 is 5.12. The van der Waals surface area contributed by atoms with E-state index < -0.39 is 0 Å². The lowest BCUT2D eigenvalue weighted by molar-refractivity contribution is 0.141. The number of hydrogen-bond donors (Lipinski definition) is 1. The van der Waals surface area contributed by atoms with E-state index in [4.69, 9.17) is 4.74 Å². The first-order chi connectivity index (χ1) is 7.18. The van der Waals surface area contributed by atoms with E-state index in [9.17, 15) is 4.79 Å². The van der Waals surface area contributed by atoms with Crippen molar-refractivity contribution in [1.29, 1.82) is 0 Å². The Hall–Kier alpha value is -1.78. The van der Waals surface area contributed by atoms with Crippen LogP contribution in [0.3, 0.4) is 0 Å². The van der Waals surface area contributed by atoms with Crippen LogP contribution in [0.4, 0.5) is 10.6 Å². The summed E-state index contributed by atoms with van der Waals surface area (Å²) in [7, 11) is 3.83. The average molecular weight is 207 g/mol. The number of amides is 1. The van der Waals surface area contributed by atoms with Gasteiger partial charge in [-0.2, -0.15) is 0 Å². The largest absolute Gasteiger partial charge is 0.439 e. The van der Waals surface area contributed by atoms with Gasteiger partial charge in [0.25, 0.3) is 0 Å². The molecule has 1 N–H and O–H groups in total. The number of anilines is 1. The number of nitrogens with zero attached hydrogens (tertiary/aromatic N) is 2. The van der Waals surface area contributed by atoms with E-state index in [2.05, 4.69) is 10.3 Å². The van der Waals surface area contributed by atoms with Crippen LogP contribution in [0.5, 0.6) is 0 Å². The molecular weight excluding hydrogens is 194 g/mol. The molecule has 1 aromatic rings. The van der Waals surface area contributed by atoms with E-state index in [1.54, 1.807) is 6.20 Å². The van der Waals surface area contributed by atoms with Gasteiger partial charge in [-0.15, -0.1) is 0 Å². The first-order valence-electron chi connectivity index (χ1n) is 4.75. The molecule has 0 saturated carbocycles. The Labute approximate surface area is 88.1 Å². The smallest absolute Gasteiger partial charge is 0.407 e. The number of nitrogens with one attached hydrogen (secondary N) is 1. The minimum Gasteiger partial charge on any atom is -0.439 e. The first kappa shape index (κ1) is 9.76. The molecule has 0 aliphatic carbocycles. The molecule has 1 aliphatic rings. The third-order valence-corrected chi connectivity index (χ3v) is 2.27. The summed E-state index contributed by atoms with van der Waals surface area (Å²) in [5.41, 5.74) is 0.931. The van der Waals surface area contributed by atoms with Gasteiger partial charge in [-0.1, -0.05) is 6.07 Å². The van der Waals surface area contributed by atoms with Crippen molar-refractivity contribution in [1.82, 2.24) is 10.3 Å². The lowest BCUT2D eigenvalue weighted by atomic mass is 10.1. The monoisotopic (exact) mass is 207 g/mol. The summed E-state index contributed by atoms with van der Waals surface area (Å²) in [5.74, 6) is 0.832. The molecule has 0 bridgehead atoms. The summed E-state index contributed by atoms with van der Waals surface area (Å²) in [6, 6.07) is 3.77. The van der Waals surface area contributed by atoms with Crippen LogP contribution in [-0.4, -0.2) is 31.7 Å². The Balaban J connectivity index is 2.31. The van der Waals surface area contributed by atoms with Crippen molar-refractivity contribution >= 4 is 11.9 Å². The van der Waals surface area contributed by atoms with Crippen LogP contribution < -0.4 is 10.2 Å². The van der Waals surface area contributed by atoms with Crippen LogP contribution >= 0.6 is 0 Å². The van der Waals surface area contributed by atoms with Crippen molar-refractivity contribution in [3.05, 3.63) is 23.9 Å². The molecule has 1 aromatic heterocycles. The Morgan fingerprint density at radius 1 is 1.60 bits per heavy atom. The fourth-order valence-electron chi connectivity index (χ4n) is 1.60. The number of carbonyl (C=O) groups excluding carboxylic acids is 1. The summed E-state index contributed by atoms with van der Waals surface area (Å²) in [6.45, 7) is 0.505. The minimum atomic E-state index is -0.367. The number of alkyl carbamates (subject to hydrolysis) is 1. The zero-order valence-electron chi connectivity index (χ0n) is 8.73. The van der Waals surface area contributed by atoms with E-state index in [-0.39, 0.29) is 12.2 Å². The molecule has 15 heavy (non-hydrogen) atoms.